The van der Waals surface area contributed by atoms with Gasteiger partial charge in [-0.3, -0.25) is 19.8 Å². The molecule has 2 aliphatic rings. The van der Waals surface area contributed by atoms with Crippen molar-refractivity contribution in [1.82, 2.24) is 24.7 Å². The number of hydrogen-bond donors (Lipinski definition) is 2. The number of carbonyl (C=O) groups is 5. The first-order valence-corrected chi connectivity index (χ1v) is 23.5. The highest BCUT2D eigenvalue weighted by Crippen LogP contribution is 2.41. The molecule has 0 aliphatic carbocycles. The van der Waals surface area contributed by atoms with E-state index in [0.29, 0.717) is 40.4 Å². The van der Waals surface area contributed by atoms with E-state index in [1.54, 1.807) is 71.0 Å². The van der Waals surface area contributed by atoms with Crippen LogP contribution in [-0.4, -0.2) is 111 Å². The summed E-state index contributed by atoms with van der Waals surface area (Å²) in [5.74, 6) is -0.969. The minimum Gasteiger partial charge on any atom is -0.497 e. The van der Waals surface area contributed by atoms with Gasteiger partial charge in [0, 0.05) is 49.8 Å². The smallest absolute Gasteiger partial charge is 0.413 e. The van der Waals surface area contributed by atoms with Crippen molar-refractivity contribution in [3.05, 3.63) is 81.2 Å². The van der Waals surface area contributed by atoms with Crippen molar-refractivity contribution in [3.8, 4) is 5.75 Å². The number of ether oxygens (including phenoxy) is 4. The van der Waals surface area contributed by atoms with Gasteiger partial charge in [-0.25, -0.2) is 19.4 Å². The van der Waals surface area contributed by atoms with Crippen LogP contribution in [0.4, 0.5) is 14.7 Å². The Morgan fingerprint density at radius 1 is 1.05 bits per heavy atom. The van der Waals surface area contributed by atoms with E-state index in [1.807, 2.05) is 55.9 Å². The molecule has 3 aromatic heterocycles. The molecule has 2 unspecified atom stereocenters. The van der Waals surface area contributed by atoms with Crippen molar-refractivity contribution in [1.29, 1.82) is 0 Å². The number of methoxy groups -OCH3 is 1. The number of β-lactam (4-membered cyclic amide) rings is 1. The molecule has 1 saturated heterocycles. The molecule has 0 saturated carbocycles. The van der Waals surface area contributed by atoms with E-state index in [-0.39, 0.29) is 48.1 Å². The van der Waals surface area contributed by atoms with Crippen molar-refractivity contribution in [2.75, 3.05) is 38.4 Å². The zero-order valence-corrected chi connectivity index (χ0v) is 41.0. The number of fused-ring (bicyclic) bond motifs is 2. The minimum absolute atomic E-state index is 0.0567. The second kappa shape index (κ2) is 20.7. The van der Waals surface area contributed by atoms with Crippen molar-refractivity contribution in [2.45, 2.75) is 97.2 Å². The number of benzene rings is 1. The van der Waals surface area contributed by atoms with Crippen molar-refractivity contribution in [2.24, 2.45) is 5.16 Å². The lowest BCUT2D eigenvalue weighted by atomic mass is 10.0. The molecule has 21 heteroatoms. The third-order valence-electron chi connectivity index (χ3n) is 9.75. The molecule has 2 atom stereocenters. The largest absolute Gasteiger partial charge is 0.497 e. The fourth-order valence-electron chi connectivity index (χ4n) is 6.82. The fourth-order valence-corrected chi connectivity index (χ4v) is 9.57. The van der Waals surface area contributed by atoms with Gasteiger partial charge in [0.1, 0.15) is 62.3 Å². The van der Waals surface area contributed by atoms with Gasteiger partial charge >= 0.3 is 18.2 Å². The Balaban J connectivity index is 1.22. The number of esters is 1. The highest BCUT2D eigenvalue weighted by Gasteiger charge is 2.55. The summed E-state index contributed by atoms with van der Waals surface area (Å²) in [6.45, 7) is 13.9. The molecule has 6 rings (SSSR count). The predicted octanol–water partition coefficient (Wildman–Crippen LogP) is 6.60. The van der Waals surface area contributed by atoms with Crippen LogP contribution in [0.25, 0.3) is 11.0 Å². The maximum Gasteiger partial charge on any atom is 0.413 e. The van der Waals surface area contributed by atoms with E-state index in [4.69, 9.17) is 23.8 Å². The monoisotopic (exact) mass is 997 g/mol. The van der Waals surface area contributed by atoms with Crippen LogP contribution >= 0.6 is 39.0 Å². The van der Waals surface area contributed by atoms with Gasteiger partial charge in [0.25, 0.3) is 11.8 Å². The number of anilines is 1. The summed E-state index contributed by atoms with van der Waals surface area (Å²) in [4.78, 5) is 80.0. The molecule has 4 amide bonds. The number of aromatic nitrogens is 3. The molecule has 0 spiro atoms. The van der Waals surface area contributed by atoms with Crippen LogP contribution in [0.5, 0.6) is 5.75 Å². The van der Waals surface area contributed by atoms with Crippen LogP contribution in [0.2, 0.25) is 0 Å². The number of nitrogens with one attached hydrogen (secondary N) is 2. The number of pyridine rings is 1. The first-order valence-electron chi connectivity index (χ1n) is 20.8. The van der Waals surface area contributed by atoms with E-state index < -0.39 is 46.5 Å². The average Bonchev–Trinajstić information content (AvgIpc) is 3.83. The number of thiazole rings is 1. The molecule has 348 valence electrons. The Hall–Kier alpha value is -5.67. The quantitative estimate of drug-likeness (QED) is 0.0306. The minimum atomic E-state index is -1.04. The van der Waals surface area contributed by atoms with Gasteiger partial charge in [0.05, 0.1) is 7.11 Å². The van der Waals surface area contributed by atoms with Gasteiger partial charge < -0.3 is 38.6 Å². The zero-order chi connectivity index (χ0) is 47.2. The van der Waals surface area contributed by atoms with Crippen molar-refractivity contribution >= 4 is 90.9 Å². The van der Waals surface area contributed by atoms with Gasteiger partial charge in [-0.1, -0.05) is 28.6 Å². The maximum atomic E-state index is 14.2. The van der Waals surface area contributed by atoms with Gasteiger partial charge in [-0.15, -0.1) is 11.8 Å². The van der Waals surface area contributed by atoms with Crippen molar-refractivity contribution in [3.63, 3.8) is 0 Å². The summed E-state index contributed by atoms with van der Waals surface area (Å²) in [6.07, 6.45) is 3.47. The third kappa shape index (κ3) is 12.2. The van der Waals surface area contributed by atoms with Crippen LogP contribution < -0.4 is 19.9 Å². The van der Waals surface area contributed by atoms with Crippen LogP contribution in [0.3, 0.4) is 0 Å². The second-order valence-electron chi connectivity index (χ2n) is 17.0. The Morgan fingerprint density at radius 3 is 2.45 bits per heavy atom. The van der Waals surface area contributed by atoms with E-state index >= 15 is 0 Å². The zero-order valence-electron chi connectivity index (χ0n) is 37.8. The Labute approximate surface area is 393 Å². The SMILES string of the molecule is CCO/N=C(/C(=O)NC1C(=O)N2C(C(=O)OCc3ccc(OC)cc3)=C(C[n+]3cccc4c3ccn4CCCN(C)C(=O)OC(C)(C)C)CSC12)c1nc(NC(=O)OC(C)(C)C)sc1Br. The molecule has 1 fully saturated rings. The number of hydrogen-bond acceptors (Lipinski definition) is 14. The highest BCUT2D eigenvalue weighted by molar-refractivity contribution is 9.11. The van der Waals surface area contributed by atoms with E-state index in [2.05, 4.69) is 41.3 Å². The summed E-state index contributed by atoms with van der Waals surface area (Å²) in [7, 11) is 3.28. The van der Waals surface area contributed by atoms with Crippen molar-refractivity contribution < 1.29 is 52.3 Å². The normalized spacial score (nSPS) is 16.4. The van der Waals surface area contributed by atoms with Crippen LogP contribution in [0.15, 0.2) is 75.1 Å². The average molecular weight is 999 g/mol. The molecule has 65 heavy (non-hydrogen) atoms. The van der Waals surface area contributed by atoms with E-state index in [9.17, 15) is 24.0 Å². The van der Waals surface area contributed by atoms with E-state index in [1.165, 1.54) is 16.7 Å². The molecular weight excluding hydrogens is 945 g/mol. The molecule has 0 bridgehead atoms. The maximum absolute atomic E-state index is 14.2. The first kappa shape index (κ1) is 48.8. The summed E-state index contributed by atoms with van der Waals surface area (Å²) in [5.41, 5.74) is 1.83. The molecular formula is C44H54BrN8O10S2+. The number of amides is 4. The Morgan fingerprint density at radius 2 is 1.77 bits per heavy atom. The molecule has 0 radical (unpaired) electrons. The molecule has 18 nitrogen and oxygen atoms in total. The number of rotatable bonds is 16. The number of nitrogens with zero attached hydrogens (tertiary/aromatic N) is 6. The topological polar surface area (TPSA) is 196 Å². The lowest BCUT2D eigenvalue weighted by Crippen LogP contribution is -2.71. The lowest BCUT2D eigenvalue weighted by Gasteiger charge is -2.49. The number of aryl methyl sites for hydroxylation is 1. The van der Waals surface area contributed by atoms with Gasteiger partial charge in [-0.2, -0.15) is 4.57 Å². The van der Waals surface area contributed by atoms with Crippen LogP contribution in [0, 0.1) is 0 Å². The molecule has 2 aliphatic heterocycles. The third-order valence-corrected chi connectivity index (χ3v) is 12.7. The van der Waals surface area contributed by atoms with Gasteiger partial charge in [0.2, 0.25) is 5.52 Å². The van der Waals surface area contributed by atoms with Gasteiger partial charge in [0.15, 0.2) is 23.6 Å². The second-order valence-corrected chi connectivity index (χ2v) is 20.5. The molecule has 1 aromatic carbocycles. The Bertz CT molecular complexity index is 2490. The number of halogens is 1. The number of oxime groups is 1. The number of thioether (sulfide) groups is 1. The number of carbonyl (C=O) groups excluding carboxylic acids is 5. The summed E-state index contributed by atoms with van der Waals surface area (Å²) in [5, 5.41) is 8.86. The van der Waals surface area contributed by atoms with Crippen LogP contribution in [-0.2, 0) is 53.1 Å². The predicted molar refractivity (Wildman–Crippen MR) is 248 cm³/mol. The molecule has 4 aromatic rings. The lowest BCUT2D eigenvalue weighted by molar-refractivity contribution is -0.663. The van der Waals surface area contributed by atoms with Gasteiger partial charge in [-0.05, 0) is 94.6 Å². The Kier molecular flexibility index (Phi) is 15.5. The molecule has 2 N–H and O–H groups in total. The highest BCUT2D eigenvalue weighted by atomic mass is 79.9. The van der Waals surface area contributed by atoms with E-state index in [0.717, 1.165) is 27.9 Å². The summed E-state index contributed by atoms with van der Waals surface area (Å²) in [6, 6.07) is 12.0. The fraction of sp³-hybridized carbons (Fsp3) is 0.455. The van der Waals surface area contributed by atoms with Crippen LogP contribution in [0.1, 0.15) is 66.1 Å². The standard InChI is InChI=1S/C44H53BrN8O10S2/c1-10-61-49-32(31-35(45)65-40(47-31)48-41(57)62-43(2,3)4)36(54)46-33-37(55)53-34(39(56)60-24-26-14-16-28(59-9)17-15-26)27(25-64-38(33)53)23-52-20-11-13-29-30(52)18-22-51(29)21-12-19-50(8)42(58)63-44(5,6)7/h11,13-18,20,22,33,38H,10,12,19,21,23-25H2,1-9H3,(H-,46,47,48,54,57)/p+1/b49-32+. The molecule has 5 heterocycles. The summed E-state index contributed by atoms with van der Waals surface area (Å²) >= 11 is 5.86. The summed E-state index contributed by atoms with van der Waals surface area (Å²) < 4.78 is 26.5. The first-order chi connectivity index (χ1) is 30.8.